The first-order valence-electron chi connectivity index (χ1n) is 7.18. The quantitative estimate of drug-likeness (QED) is 0.822. The van der Waals surface area contributed by atoms with Gasteiger partial charge in [-0.05, 0) is 30.4 Å². The van der Waals surface area contributed by atoms with Crippen molar-refractivity contribution in [3.63, 3.8) is 0 Å². The van der Waals surface area contributed by atoms with Crippen LogP contribution in [0.1, 0.15) is 45.1 Å². The molecule has 0 aliphatic carbocycles. The largest absolute Gasteiger partial charge is 0.372 e. The Morgan fingerprint density at radius 3 is 2.78 bits per heavy atom. The van der Waals surface area contributed by atoms with Gasteiger partial charge in [-0.3, -0.25) is 4.99 Å². The van der Waals surface area contributed by atoms with Crippen LogP contribution in [0.3, 0.4) is 0 Å². The predicted octanol–water partition coefficient (Wildman–Crippen LogP) is 3.03. The zero-order valence-electron chi connectivity index (χ0n) is 11.8. The van der Waals surface area contributed by atoms with Crippen LogP contribution in [0, 0.1) is 5.92 Å². The van der Waals surface area contributed by atoms with Crippen LogP contribution >= 0.6 is 0 Å². The molecule has 100 valence electrons. The Labute approximate surface area is 110 Å². The van der Waals surface area contributed by atoms with Crippen molar-refractivity contribution in [3.05, 3.63) is 24.0 Å². The average molecular weight is 247 g/mol. The number of amidine groups is 1. The normalized spacial score (nSPS) is 16.8. The molecule has 0 radical (unpaired) electrons. The summed E-state index contributed by atoms with van der Waals surface area (Å²) in [7, 11) is 0. The fraction of sp³-hybridized carbons (Fsp3) is 0.667. The first-order valence-corrected chi connectivity index (χ1v) is 7.18. The fourth-order valence-electron chi connectivity index (χ4n) is 2.72. The molecule has 0 saturated carbocycles. The van der Waals surface area contributed by atoms with E-state index < -0.39 is 0 Å². The third-order valence-electron chi connectivity index (χ3n) is 3.88. The maximum atomic E-state index is 4.50. The number of nitrogens with zero attached hydrogens (tertiary/aromatic N) is 2. The Hall–Kier alpha value is -1.25. The van der Waals surface area contributed by atoms with Crippen molar-refractivity contribution in [2.75, 3.05) is 13.1 Å². The molecule has 1 aliphatic heterocycles. The van der Waals surface area contributed by atoms with E-state index in [0.29, 0.717) is 11.8 Å². The smallest absolute Gasteiger partial charge is 0.101 e. The summed E-state index contributed by atoms with van der Waals surface area (Å²) in [5.41, 5.74) is 1.48. The van der Waals surface area contributed by atoms with Crippen LogP contribution in [-0.2, 0) is 6.54 Å². The summed E-state index contributed by atoms with van der Waals surface area (Å²) in [6, 6.07) is 2.27. The summed E-state index contributed by atoms with van der Waals surface area (Å²) >= 11 is 0. The lowest BCUT2D eigenvalue weighted by Gasteiger charge is -2.13. The monoisotopic (exact) mass is 247 g/mol. The van der Waals surface area contributed by atoms with Crippen molar-refractivity contribution in [2.24, 2.45) is 10.9 Å². The van der Waals surface area contributed by atoms with E-state index in [2.05, 4.69) is 54.1 Å². The molecule has 1 aliphatic rings. The molecule has 1 atom stereocenters. The van der Waals surface area contributed by atoms with E-state index in [4.69, 9.17) is 0 Å². The molecule has 0 spiro atoms. The minimum atomic E-state index is 0.481. The minimum Gasteiger partial charge on any atom is -0.372 e. The highest BCUT2D eigenvalue weighted by Gasteiger charge is 2.15. The summed E-state index contributed by atoms with van der Waals surface area (Å²) < 4.78 is 2.31. The topological polar surface area (TPSA) is 29.3 Å². The van der Waals surface area contributed by atoms with Gasteiger partial charge in [0.25, 0.3) is 0 Å². The second-order valence-corrected chi connectivity index (χ2v) is 5.25. The Balaban J connectivity index is 1.97. The van der Waals surface area contributed by atoms with Crippen LogP contribution in [0.25, 0.3) is 0 Å². The molecule has 2 rings (SSSR count). The summed E-state index contributed by atoms with van der Waals surface area (Å²) in [5, 5.41) is 3.37. The molecule has 0 fully saturated rings. The molecular formula is C15H25N3. The fourth-order valence-corrected chi connectivity index (χ4v) is 2.72. The van der Waals surface area contributed by atoms with Crippen molar-refractivity contribution in [3.8, 4) is 0 Å². The van der Waals surface area contributed by atoms with Crippen LogP contribution in [0.2, 0.25) is 0 Å². The Bertz CT molecular complexity index is 402. The van der Waals surface area contributed by atoms with Crippen LogP contribution in [0.4, 0.5) is 0 Å². The van der Waals surface area contributed by atoms with Gasteiger partial charge in [0.15, 0.2) is 0 Å². The Morgan fingerprint density at radius 2 is 2.17 bits per heavy atom. The maximum Gasteiger partial charge on any atom is 0.101 e. The highest BCUT2D eigenvalue weighted by molar-refractivity contribution is 5.85. The maximum absolute atomic E-state index is 4.50. The standard InChI is InChI=1S/C15H25N3/c1-4-13(5-2)14-6-9-18(11-14)10-12(3)15-16-7-8-17-15/h6,9,11-13H,4-5,7-8,10H2,1-3H3,(H,16,17). The zero-order valence-corrected chi connectivity index (χ0v) is 11.8. The minimum absolute atomic E-state index is 0.481. The molecule has 1 aromatic rings. The van der Waals surface area contributed by atoms with Gasteiger partial charge in [-0.2, -0.15) is 0 Å². The van der Waals surface area contributed by atoms with Gasteiger partial charge in [-0.1, -0.05) is 20.8 Å². The molecule has 0 aromatic carbocycles. The molecule has 3 nitrogen and oxygen atoms in total. The van der Waals surface area contributed by atoms with Gasteiger partial charge in [0.1, 0.15) is 5.84 Å². The van der Waals surface area contributed by atoms with E-state index in [0.717, 1.165) is 19.6 Å². The number of aromatic nitrogens is 1. The van der Waals surface area contributed by atoms with E-state index in [1.165, 1.54) is 24.2 Å². The average Bonchev–Trinajstić information content (AvgIpc) is 3.01. The van der Waals surface area contributed by atoms with Crippen LogP contribution in [0.5, 0.6) is 0 Å². The highest BCUT2D eigenvalue weighted by atomic mass is 15.1. The van der Waals surface area contributed by atoms with Gasteiger partial charge in [0.05, 0.1) is 6.54 Å². The molecule has 3 heteroatoms. The molecule has 1 N–H and O–H groups in total. The van der Waals surface area contributed by atoms with E-state index in [-0.39, 0.29) is 0 Å². The Kier molecular flexibility index (Phi) is 4.45. The number of aliphatic imine (C=N–C) groups is 1. The SMILES string of the molecule is CCC(CC)c1ccn(CC(C)C2=NCCN2)c1. The highest BCUT2D eigenvalue weighted by Crippen LogP contribution is 2.23. The third kappa shape index (κ3) is 2.95. The molecule has 0 bridgehead atoms. The van der Waals surface area contributed by atoms with Gasteiger partial charge in [-0.15, -0.1) is 0 Å². The second kappa shape index (κ2) is 6.07. The Morgan fingerprint density at radius 1 is 1.39 bits per heavy atom. The lowest BCUT2D eigenvalue weighted by Crippen LogP contribution is -2.27. The van der Waals surface area contributed by atoms with E-state index in [1.54, 1.807) is 0 Å². The van der Waals surface area contributed by atoms with Gasteiger partial charge in [-0.25, -0.2) is 0 Å². The van der Waals surface area contributed by atoms with Crippen molar-refractivity contribution in [2.45, 2.75) is 46.1 Å². The van der Waals surface area contributed by atoms with Crippen molar-refractivity contribution in [1.82, 2.24) is 9.88 Å². The molecule has 1 unspecified atom stereocenters. The third-order valence-corrected chi connectivity index (χ3v) is 3.88. The van der Waals surface area contributed by atoms with Crippen LogP contribution in [-0.4, -0.2) is 23.5 Å². The van der Waals surface area contributed by atoms with E-state index in [9.17, 15) is 0 Å². The van der Waals surface area contributed by atoms with Crippen LogP contribution in [0.15, 0.2) is 23.5 Å². The molecule has 18 heavy (non-hydrogen) atoms. The summed E-state index contributed by atoms with van der Waals surface area (Å²) in [5.74, 6) is 2.37. The van der Waals surface area contributed by atoms with Crippen molar-refractivity contribution < 1.29 is 0 Å². The van der Waals surface area contributed by atoms with Crippen molar-refractivity contribution >= 4 is 5.84 Å². The summed E-state index contributed by atoms with van der Waals surface area (Å²) in [6.45, 7) is 9.74. The van der Waals surface area contributed by atoms with Gasteiger partial charge in [0, 0.05) is 31.4 Å². The van der Waals surface area contributed by atoms with Crippen LogP contribution < -0.4 is 5.32 Å². The van der Waals surface area contributed by atoms with E-state index in [1.807, 2.05) is 0 Å². The van der Waals surface area contributed by atoms with E-state index >= 15 is 0 Å². The lowest BCUT2D eigenvalue weighted by molar-refractivity contribution is 0.583. The summed E-state index contributed by atoms with van der Waals surface area (Å²) in [4.78, 5) is 4.50. The van der Waals surface area contributed by atoms with Gasteiger partial charge >= 0.3 is 0 Å². The number of rotatable bonds is 6. The number of hydrogen-bond donors (Lipinski definition) is 1. The van der Waals surface area contributed by atoms with Gasteiger partial charge in [0.2, 0.25) is 0 Å². The molecule has 2 heterocycles. The first kappa shape index (κ1) is 13.2. The molecule has 0 amide bonds. The van der Waals surface area contributed by atoms with Gasteiger partial charge < -0.3 is 9.88 Å². The molecule has 1 aromatic heterocycles. The summed E-state index contributed by atoms with van der Waals surface area (Å²) in [6.07, 6.45) is 6.97. The predicted molar refractivity (Wildman–Crippen MR) is 77.2 cm³/mol. The first-order chi connectivity index (χ1) is 8.74. The molecule has 0 saturated heterocycles. The lowest BCUT2D eigenvalue weighted by atomic mass is 9.97. The van der Waals surface area contributed by atoms with Crippen molar-refractivity contribution in [1.29, 1.82) is 0 Å². The second-order valence-electron chi connectivity index (χ2n) is 5.25. The number of hydrogen-bond acceptors (Lipinski definition) is 2. The zero-order chi connectivity index (χ0) is 13.0. The molecular weight excluding hydrogens is 222 g/mol. The number of nitrogens with one attached hydrogen (secondary N) is 1.